The van der Waals surface area contributed by atoms with Gasteiger partial charge in [-0.05, 0) is 26.8 Å². The van der Waals surface area contributed by atoms with Crippen LogP contribution in [0.2, 0.25) is 0 Å². The molecule has 1 rings (SSSR count). The molecule has 0 saturated carbocycles. The molecule has 0 bridgehead atoms. The summed E-state index contributed by atoms with van der Waals surface area (Å²) in [7, 11) is 1.04. The zero-order chi connectivity index (χ0) is 34.5. The van der Waals surface area contributed by atoms with Crippen LogP contribution in [0.3, 0.4) is 0 Å². The Kier molecular flexibility index (Phi) is 14.7. The highest BCUT2D eigenvalue weighted by atomic mass is 16.6. The fraction of sp³-hybridized carbons (Fsp3) is 0.630. The molecule has 1 aliphatic rings. The Hall–Kier alpha value is -4.90. The summed E-state index contributed by atoms with van der Waals surface area (Å²) >= 11 is 0. The molecule has 5 atom stereocenters. The van der Waals surface area contributed by atoms with Gasteiger partial charge in [-0.25, -0.2) is 9.59 Å². The minimum absolute atomic E-state index is 0.480. The molecule has 4 amide bonds. The summed E-state index contributed by atoms with van der Waals surface area (Å²) in [5, 5.41) is 9.59. The predicted octanol–water partition coefficient (Wildman–Crippen LogP) is -1.50. The standard InChI is InChI=1S/C27H40N4O14/c1-13(32)30-22-17(31-21(37)11-28-20(36)10-29-26(39)45-27(5,6)7)9-18(25(38)40-8)44-24(22)23(43-16(4)35)19(42-15(3)34)12-41-14(2)33/h9,17,19,22-24H,10-12H2,1-8H3,(H,28,36)(H,29,39)(H,30,32)(H,31,37)/t17-,19+,22+,23+,24+/m0/s1. The Bertz CT molecular complexity index is 1180. The van der Waals surface area contributed by atoms with Crippen LogP contribution in [0, 0.1) is 0 Å². The summed E-state index contributed by atoms with van der Waals surface area (Å²) in [5.41, 5.74) is -0.795. The number of carbonyl (C=O) groups excluding carboxylic acids is 8. The van der Waals surface area contributed by atoms with Crippen LogP contribution in [0.1, 0.15) is 48.5 Å². The van der Waals surface area contributed by atoms with E-state index >= 15 is 0 Å². The van der Waals surface area contributed by atoms with Gasteiger partial charge in [-0.1, -0.05) is 0 Å². The summed E-state index contributed by atoms with van der Waals surface area (Å²) in [6.07, 6.45) is -4.40. The summed E-state index contributed by atoms with van der Waals surface area (Å²) in [4.78, 5) is 97.2. The van der Waals surface area contributed by atoms with Gasteiger partial charge >= 0.3 is 30.0 Å². The Morgan fingerprint density at radius 1 is 0.844 bits per heavy atom. The SMILES string of the molecule is COC(=O)C1=C[C@H](NC(=O)CNC(=O)CNC(=O)OC(C)(C)C)[C@@H](NC(C)=O)[C@H]([C@H](OC(C)=O)[C@@H](COC(C)=O)OC(C)=O)O1. The monoisotopic (exact) mass is 644 g/mol. The van der Waals surface area contributed by atoms with E-state index in [2.05, 4.69) is 21.3 Å². The lowest BCUT2D eigenvalue weighted by Crippen LogP contribution is -2.65. The number of carbonyl (C=O) groups is 8. The minimum Gasteiger partial charge on any atom is -0.477 e. The highest BCUT2D eigenvalue weighted by Crippen LogP contribution is 2.27. The van der Waals surface area contributed by atoms with Crippen LogP contribution in [0.25, 0.3) is 0 Å². The van der Waals surface area contributed by atoms with Crippen LogP contribution < -0.4 is 21.3 Å². The van der Waals surface area contributed by atoms with E-state index in [0.717, 1.165) is 40.9 Å². The molecule has 1 aliphatic heterocycles. The fourth-order valence-corrected chi connectivity index (χ4v) is 3.86. The number of rotatable bonds is 13. The van der Waals surface area contributed by atoms with Crippen molar-refractivity contribution in [2.24, 2.45) is 0 Å². The Morgan fingerprint density at radius 3 is 1.96 bits per heavy atom. The van der Waals surface area contributed by atoms with Crippen molar-refractivity contribution in [1.29, 1.82) is 0 Å². The van der Waals surface area contributed by atoms with Crippen molar-refractivity contribution in [2.75, 3.05) is 26.8 Å². The topological polar surface area (TPSA) is 240 Å². The van der Waals surface area contributed by atoms with E-state index < -0.39 is 109 Å². The molecule has 18 nitrogen and oxygen atoms in total. The third-order valence-corrected chi connectivity index (χ3v) is 5.42. The Balaban J connectivity index is 3.33. The van der Waals surface area contributed by atoms with Crippen molar-refractivity contribution in [3.8, 4) is 0 Å². The van der Waals surface area contributed by atoms with Crippen molar-refractivity contribution in [2.45, 2.75) is 84.5 Å². The van der Waals surface area contributed by atoms with E-state index in [9.17, 15) is 38.4 Å². The second-order valence-corrected chi connectivity index (χ2v) is 10.6. The molecular formula is C27H40N4O14. The summed E-state index contributed by atoms with van der Waals surface area (Å²) in [5.74, 6) is -6.23. The van der Waals surface area contributed by atoms with Gasteiger partial charge in [-0.15, -0.1) is 0 Å². The average Bonchev–Trinajstić information content (AvgIpc) is 2.90. The highest BCUT2D eigenvalue weighted by Gasteiger charge is 2.48. The summed E-state index contributed by atoms with van der Waals surface area (Å²) in [6, 6.07) is -2.57. The van der Waals surface area contributed by atoms with Crippen molar-refractivity contribution in [1.82, 2.24) is 21.3 Å². The van der Waals surface area contributed by atoms with E-state index in [1.807, 2.05) is 0 Å². The first kappa shape index (κ1) is 38.1. The second kappa shape index (κ2) is 17.4. The van der Waals surface area contributed by atoms with Crippen molar-refractivity contribution >= 4 is 47.7 Å². The average molecular weight is 645 g/mol. The van der Waals surface area contributed by atoms with Crippen molar-refractivity contribution < 1.29 is 66.8 Å². The zero-order valence-electron chi connectivity index (χ0n) is 26.3. The van der Waals surface area contributed by atoms with Crippen molar-refractivity contribution in [3.63, 3.8) is 0 Å². The van der Waals surface area contributed by atoms with Gasteiger partial charge in [0.05, 0.1) is 25.7 Å². The lowest BCUT2D eigenvalue weighted by Gasteiger charge is -2.42. The van der Waals surface area contributed by atoms with Crippen LogP contribution >= 0.6 is 0 Å². The summed E-state index contributed by atoms with van der Waals surface area (Å²) in [6.45, 7) is 7.46. The van der Waals surface area contributed by atoms with E-state index in [0.29, 0.717) is 0 Å². The number of nitrogens with one attached hydrogen (secondary N) is 4. The van der Waals surface area contributed by atoms with E-state index in [1.165, 1.54) is 0 Å². The Labute approximate surface area is 259 Å². The van der Waals surface area contributed by atoms with E-state index in [4.69, 9.17) is 28.4 Å². The van der Waals surface area contributed by atoms with Gasteiger partial charge < -0.3 is 49.7 Å². The molecule has 0 aromatic heterocycles. The van der Waals surface area contributed by atoms with Gasteiger partial charge in [0.25, 0.3) is 0 Å². The number of alkyl carbamates (subject to hydrolysis) is 1. The lowest BCUT2D eigenvalue weighted by molar-refractivity contribution is -0.188. The molecule has 0 fully saturated rings. The molecular weight excluding hydrogens is 604 g/mol. The third-order valence-electron chi connectivity index (χ3n) is 5.42. The second-order valence-electron chi connectivity index (χ2n) is 10.6. The van der Waals surface area contributed by atoms with Crippen molar-refractivity contribution in [3.05, 3.63) is 11.8 Å². The molecule has 45 heavy (non-hydrogen) atoms. The quantitative estimate of drug-likeness (QED) is 0.132. The van der Waals surface area contributed by atoms with Gasteiger partial charge in [0.1, 0.15) is 18.8 Å². The number of esters is 4. The molecule has 0 aromatic rings. The molecule has 0 spiro atoms. The minimum atomic E-state index is -1.62. The molecule has 4 N–H and O–H groups in total. The fourth-order valence-electron chi connectivity index (χ4n) is 3.86. The molecule has 0 unspecified atom stereocenters. The normalized spacial score (nSPS) is 18.7. The smallest absolute Gasteiger partial charge is 0.408 e. The first-order valence-corrected chi connectivity index (χ1v) is 13.6. The zero-order valence-corrected chi connectivity index (χ0v) is 26.3. The maximum absolute atomic E-state index is 12.9. The highest BCUT2D eigenvalue weighted by molar-refractivity contribution is 5.89. The maximum Gasteiger partial charge on any atom is 0.408 e. The van der Waals surface area contributed by atoms with Gasteiger partial charge in [-0.2, -0.15) is 0 Å². The first-order valence-electron chi connectivity index (χ1n) is 13.6. The van der Waals surface area contributed by atoms with Crippen LogP contribution in [0.4, 0.5) is 4.79 Å². The number of methoxy groups -OCH3 is 1. The maximum atomic E-state index is 12.9. The van der Waals surface area contributed by atoms with Gasteiger partial charge in [0.2, 0.25) is 23.5 Å². The number of amides is 4. The largest absolute Gasteiger partial charge is 0.477 e. The van der Waals surface area contributed by atoms with Crippen LogP contribution in [-0.4, -0.2) is 110 Å². The number of hydrogen-bond acceptors (Lipinski definition) is 14. The molecule has 252 valence electrons. The van der Waals surface area contributed by atoms with Crippen LogP contribution in [-0.2, 0) is 62.0 Å². The molecule has 1 heterocycles. The molecule has 0 radical (unpaired) electrons. The van der Waals surface area contributed by atoms with Gasteiger partial charge in [0.15, 0.2) is 18.3 Å². The van der Waals surface area contributed by atoms with Gasteiger partial charge in [-0.3, -0.25) is 28.8 Å². The lowest BCUT2D eigenvalue weighted by atomic mass is 9.91. The number of ether oxygens (including phenoxy) is 6. The van der Waals surface area contributed by atoms with Crippen LogP contribution in [0.15, 0.2) is 11.8 Å². The number of hydrogen-bond donors (Lipinski definition) is 4. The summed E-state index contributed by atoms with van der Waals surface area (Å²) < 4.78 is 31.1. The van der Waals surface area contributed by atoms with E-state index in [-0.39, 0.29) is 0 Å². The molecule has 0 aliphatic carbocycles. The molecule has 18 heteroatoms. The Morgan fingerprint density at radius 2 is 1.44 bits per heavy atom. The van der Waals surface area contributed by atoms with Crippen LogP contribution in [0.5, 0.6) is 0 Å². The van der Waals surface area contributed by atoms with E-state index in [1.54, 1.807) is 20.8 Å². The third kappa shape index (κ3) is 14.4. The van der Waals surface area contributed by atoms with Gasteiger partial charge in [0, 0.05) is 27.7 Å². The predicted molar refractivity (Wildman–Crippen MR) is 149 cm³/mol. The molecule has 0 saturated heterocycles. The first-order chi connectivity index (χ1) is 20.8. The molecule has 0 aromatic carbocycles.